The average molecular weight is 482 g/mol. The van der Waals surface area contributed by atoms with Crippen LogP contribution in [-0.4, -0.2) is 41.1 Å². The smallest absolute Gasteiger partial charge is 0.272 e. The standard InChI is InChI=1S/C21H31N5O6S/c1-7-13(4)22-20(27)19-15(6)21(25(9-3)23-19)32-17-11-10-16(26(28)29)12-18(17)33(30,31)24-14(5)8-2/h10-14,24H,7-9H2,1-6H3,(H,22,27). The van der Waals surface area contributed by atoms with Crippen molar-refractivity contribution >= 4 is 21.6 Å². The Morgan fingerprint density at radius 3 is 2.39 bits per heavy atom. The van der Waals surface area contributed by atoms with Crippen molar-refractivity contribution in [3.05, 3.63) is 39.6 Å². The van der Waals surface area contributed by atoms with Gasteiger partial charge in [-0.15, -0.1) is 0 Å². The maximum atomic E-state index is 13.0. The third-order valence-corrected chi connectivity index (χ3v) is 6.85. The number of amides is 1. The SMILES string of the molecule is CCC(C)NC(=O)c1nn(CC)c(Oc2ccc([N+](=O)[O-])cc2S(=O)(=O)NC(C)CC)c1C. The normalized spacial score (nSPS) is 13.4. The number of nitro groups is 1. The molecule has 2 N–H and O–H groups in total. The van der Waals surface area contributed by atoms with Crippen LogP contribution >= 0.6 is 0 Å². The largest absolute Gasteiger partial charge is 0.438 e. The topological polar surface area (TPSA) is 145 Å². The lowest BCUT2D eigenvalue weighted by Gasteiger charge is -2.16. The minimum Gasteiger partial charge on any atom is -0.438 e. The summed E-state index contributed by atoms with van der Waals surface area (Å²) in [4.78, 5) is 22.9. The highest BCUT2D eigenvalue weighted by Crippen LogP contribution is 2.34. The highest BCUT2D eigenvalue weighted by Gasteiger charge is 2.28. The Labute approximate surface area is 193 Å². The van der Waals surface area contributed by atoms with Crippen LogP contribution < -0.4 is 14.8 Å². The second-order valence-electron chi connectivity index (χ2n) is 7.80. The molecule has 1 amide bonds. The van der Waals surface area contributed by atoms with Crippen molar-refractivity contribution in [3.8, 4) is 11.6 Å². The Morgan fingerprint density at radius 1 is 1.21 bits per heavy atom. The van der Waals surface area contributed by atoms with Gasteiger partial charge in [0.25, 0.3) is 11.6 Å². The van der Waals surface area contributed by atoms with E-state index in [-0.39, 0.29) is 45.9 Å². The summed E-state index contributed by atoms with van der Waals surface area (Å²) in [5, 5.41) is 18.4. The van der Waals surface area contributed by atoms with Crippen molar-refractivity contribution in [2.75, 3.05) is 0 Å². The van der Waals surface area contributed by atoms with Crippen molar-refractivity contribution in [3.63, 3.8) is 0 Å². The first-order valence-corrected chi connectivity index (χ1v) is 12.3. The molecule has 0 radical (unpaired) electrons. The van der Waals surface area contributed by atoms with E-state index in [4.69, 9.17) is 4.74 Å². The first-order chi connectivity index (χ1) is 15.4. The molecule has 0 saturated heterocycles. The zero-order valence-corrected chi connectivity index (χ0v) is 20.5. The number of nitro benzene ring substituents is 1. The number of hydrogen-bond acceptors (Lipinski definition) is 7. The van der Waals surface area contributed by atoms with Crippen LogP contribution in [0.2, 0.25) is 0 Å². The van der Waals surface area contributed by atoms with Gasteiger partial charge in [-0.2, -0.15) is 5.10 Å². The zero-order chi connectivity index (χ0) is 24.9. The van der Waals surface area contributed by atoms with Crippen LogP contribution in [0.4, 0.5) is 5.69 Å². The molecule has 2 unspecified atom stereocenters. The van der Waals surface area contributed by atoms with Crippen molar-refractivity contribution in [2.24, 2.45) is 0 Å². The number of ether oxygens (including phenoxy) is 1. The third-order valence-electron chi connectivity index (χ3n) is 5.24. The number of nitrogens with zero attached hydrogens (tertiary/aromatic N) is 3. The van der Waals surface area contributed by atoms with Crippen LogP contribution in [0, 0.1) is 17.0 Å². The molecule has 12 heteroatoms. The van der Waals surface area contributed by atoms with Gasteiger partial charge in [-0.1, -0.05) is 13.8 Å². The molecule has 0 aliphatic rings. The van der Waals surface area contributed by atoms with Gasteiger partial charge in [0.2, 0.25) is 15.9 Å². The summed E-state index contributed by atoms with van der Waals surface area (Å²) >= 11 is 0. The number of carbonyl (C=O) groups is 1. The van der Waals surface area contributed by atoms with Gasteiger partial charge in [-0.05, 0) is 46.6 Å². The lowest BCUT2D eigenvalue weighted by atomic mass is 10.2. The molecule has 11 nitrogen and oxygen atoms in total. The number of hydrogen-bond donors (Lipinski definition) is 2. The first-order valence-electron chi connectivity index (χ1n) is 10.8. The zero-order valence-electron chi connectivity index (χ0n) is 19.7. The van der Waals surface area contributed by atoms with Crippen molar-refractivity contribution in [1.29, 1.82) is 0 Å². The van der Waals surface area contributed by atoms with Crippen LogP contribution in [-0.2, 0) is 16.6 Å². The van der Waals surface area contributed by atoms with Crippen LogP contribution in [0.5, 0.6) is 11.6 Å². The third kappa shape index (κ3) is 6.08. The number of non-ortho nitro benzene ring substituents is 1. The van der Waals surface area contributed by atoms with Gasteiger partial charge in [-0.3, -0.25) is 14.9 Å². The van der Waals surface area contributed by atoms with Gasteiger partial charge < -0.3 is 10.1 Å². The summed E-state index contributed by atoms with van der Waals surface area (Å²) in [5.41, 5.74) is 0.201. The van der Waals surface area contributed by atoms with E-state index >= 15 is 0 Å². The van der Waals surface area contributed by atoms with E-state index < -0.39 is 14.9 Å². The fourth-order valence-corrected chi connectivity index (χ4v) is 4.38. The Hall–Kier alpha value is -2.99. The molecule has 0 fully saturated rings. The van der Waals surface area contributed by atoms with Crippen LogP contribution in [0.15, 0.2) is 23.1 Å². The van der Waals surface area contributed by atoms with E-state index in [9.17, 15) is 23.3 Å². The van der Waals surface area contributed by atoms with Crippen molar-refractivity contribution in [1.82, 2.24) is 19.8 Å². The van der Waals surface area contributed by atoms with Gasteiger partial charge in [-0.25, -0.2) is 17.8 Å². The molecule has 0 spiro atoms. The summed E-state index contributed by atoms with van der Waals surface area (Å²) < 4.78 is 35.9. The van der Waals surface area contributed by atoms with Crippen molar-refractivity contribution in [2.45, 2.75) is 77.9 Å². The monoisotopic (exact) mass is 481 g/mol. The number of aromatic nitrogens is 2. The summed E-state index contributed by atoms with van der Waals surface area (Å²) in [6.45, 7) is 11.1. The summed E-state index contributed by atoms with van der Waals surface area (Å²) in [5.74, 6) is -0.294. The van der Waals surface area contributed by atoms with Gasteiger partial charge in [0.15, 0.2) is 5.69 Å². The molecule has 0 aliphatic heterocycles. The molecule has 2 rings (SSSR count). The number of nitrogens with one attached hydrogen (secondary N) is 2. The number of rotatable bonds is 11. The van der Waals surface area contributed by atoms with Crippen molar-refractivity contribution < 1.29 is 22.9 Å². The minimum atomic E-state index is -4.13. The minimum absolute atomic E-state index is 0.0499. The number of aryl methyl sites for hydroxylation is 1. The van der Waals surface area contributed by atoms with E-state index in [2.05, 4.69) is 15.1 Å². The predicted molar refractivity (Wildman–Crippen MR) is 123 cm³/mol. The van der Waals surface area contributed by atoms with Gasteiger partial charge in [0.1, 0.15) is 10.6 Å². The molecule has 0 aliphatic carbocycles. The number of sulfonamides is 1. The lowest BCUT2D eigenvalue weighted by Crippen LogP contribution is -2.32. The average Bonchev–Trinajstić information content (AvgIpc) is 3.08. The van der Waals surface area contributed by atoms with E-state index in [0.717, 1.165) is 18.6 Å². The molecule has 0 saturated carbocycles. The van der Waals surface area contributed by atoms with Gasteiger partial charge in [0.05, 0.1) is 4.92 Å². The summed E-state index contributed by atoms with van der Waals surface area (Å²) in [6, 6.07) is 2.91. The highest BCUT2D eigenvalue weighted by atomic mass is 32.2. The van der Waals surface area contributed by atoms with E-state index in [1.54, 1.807) is 20.8 Å². The summed E-state index contributed by atoms with van der Waals surface area (Å²) in [7, 11) is -4.13. The predicted octanol–water partition coefficient (Wildman–Crippen LogP) is 3.52. The molecule has 2 aromatic rings. The van der Waals surface area contributed by atoms with Crippen LogP contribution in [0.25, 0.3) is 0 Å². The van der Waals surface area contributed by atoms with Crippen LogP contribution in [0.3, 0.4) is 0 Å². The van der Waals surface area contributed by atoms with Crippen LogP contribution in [0.1, 0.15) is 63.5 Å². The van der Waals surface area contributed by atoms with E-state index in [1.165, 1.54) is 10.7 Å². The van der Waals surface area contributed by atoms with E-state index in [1.807, 2.05) is 20.8 Å². The maximum absolute atomic E-state index is 13.0. The molecule has 1 heterocycles. The lowest BCUT2D eigenvalue weighted by molar-refractivity contribution is -0.385. The maximum Gasteiger partial charge on any atom is 0.272 e. The Balaban J connectivity index is 2.56. The molecule has 1 aromatic carbocycles. The van der Waals surface area contributed by atoms with E-state index in [0.29, 0.717) is 18.5 Å². The fourth-order valence-electron chi connectivity index (χ4n) is 2.91. The molecular formula is C21H31N5O6S. The molecular weight excluding hydrogens is 450 g/mol. The molecule has 2 atom stereocenters. The highest BCUT2D eigenvalue weighted by molar-refractivity contribution is 7.89. The number of benzene rings is 1. The molecule has 1 aromatic heterocycles. The molecule has 0 bridgehead atoms. The van der Waals surface area contributed by atoms with Gasteiger partial charge in [0, 0.05) is 36.3 Å². The van der Waals surface area contributed by atoms with Gasteiger partial charge >= 0.3 is 0 Å². The molecule has 33 heavy (non-hydrogen) atoms. The molecule has 182 valence electrons. The Kier molecular flexibility index (Phi) is 8.56. The second kappa shape index (κ2) is 10.8. The second-order valence-corrected chi connectivity index (χ2v) is 9.48. The number of carbonyl (C=O) groups excluding carboxylic acids is 1. The first kappa shape index (κ1) is 26.3. The quantitative estimate of drug-likeness (QED) is 0.369. The fraction of sp³-hybridized carbons (Fsp3) is 0.524. The Morgan fingerprint density at radius 2 is 1.85 bits per heavy atom. The summed E-state index contributed by atoms with van der Waals surface area (Å²) in [6.07, 6.45) is 1.27. The Bertz CT molecular complexity index is 1130.